The minimum Gasteiger partial charge on any atom is -0.317 e. The maximum absolute atomic E-state index is 4.14. The van der Waals surface area contributed by atoms with Crippen LogP contribution in [0.2, 0.25) is 0 Å². The molecule has 0 saturated heterocycles. The normalized spacial score (nSPS) is 11.3. The summed E-state index contributed by atoms with van der Waals surface area (Å²) in [5, 5.41) is 0. The van der Waals surface area contributed by atoms with E-state index >= 15 is 0 Å². The summed E-state index contributed by atoms with van der Waals surface area (Å²) in [5.41, 5.74) is 22.0. The molecule has 10 rings (SSSR count). The molecule has 0 N–H and O–H groups in total. The van der Waals surface area contributed by atoms with Gasteiger partial charge in [0.1, 0.15) is 0 Å². The van der Waals surface area contributed by atoms with E-state index in [9.17, 15) is 0 Å². The van der Waals surface area contributed by atoms with Crippen LogP contribution in [0, 0.1) is 0 Å². The quantitative estimate of drug-likeness (QED) is 0.0689. The highest BCUT2D eigenvalue weighted by Gasteiger charge is 2.19. The highest BCUT2D eigenvalue weighted by Crippen LogP contribution is 2.40. The van der Waals surface area contributed by atoms with Gasteiger partial charge < -0.3 is 4.90 Å². The standard InChI is InChI=1S/C73H59N/c1-4-23-56(57-36-40-66(41-37-57)72(64-32-19-9-20-33-64)70(60-24-11-5-12-25-60)61-26-13-6-14-27-61)52-53-74(68-48-44-55(45-49-68)54(2)3)69-50-46-59(47-51-69)58-38-42-67(43-39-58)73(65-34-21-10-22-35-65)71(62-28-15-7-16-29-62)63-30-17-8-18-31-63/h4-54H,1H2,2-3H3/b53-52-,56-23+. The van der Waals surface area contributed by atoms with Gasteiger partial charge in [-0.1, -0.05) is 287 Å². The molecule has 10 aromatic carbocycles. The van der Waals surface area contributed by atoms with Gasteiger partial charge in [-0.3, -0.25) is 0 Å². The Morgan fingerprint density at radius 1 is 0.324 bits per heavy atom. The number of rotatable bonds is 16. The van der Waals surface area contributed by atoms with E-state index in [1.165, 1.54) is 55.7 Å². The summed E-state index contributed by atoms with van der Waals surface area (Å²) >= 11 is 0. The molecule has 1 nitrogen and oxygen atoms in total. The van der Waals surface area contributed by atoms with Crippen LogP contribution in [0.4, 0.5) is 11.4 Å². The van der Waals surface area contributed by atoms with Crippen molar-refractivity contribution in [3.63, 3.8) is 0 Å². The number of benzene rings is 10. The lowest BCUT2D eigenvalue weighted by molar-refractivity contribution is 0.866. The summed E-state index contributed by atoms with van der Waals surface area (Å²) < 4.78 is 0. The summed E-state index contributed by atoms with van der Waals surface area (Å²) in [5.74, 6) is 0.431. The first kappa shape index (κ1) is 48.3. The van der Waals surface area contributed by atoms with Gasteiger partial charge in [0.2, 0.25) is 0 Å². The fraction of sp³-hybridized carbons (Fsp3) is 0.0411. The van der Waals surface area contributed by atoms with E-state index < -0.39 is 0 Å². The first-order valence-electron chi connectivity index (χ1n) is 25.6. The van der Waals surface area contributed by atoms with Crippen LogP contribution in [0.25, 0.3) is 39.0 Å². The first-order valence-corrected chi connectivity index (χ1v) is 25.6. The summed E-state index contributed by atoms with van der Waals surface area (Å²) in [7, 11) is 0. The highest BCUT2D eigenvalue weighted by molar-refractivity contribution is 6.06. The third-order valence-corrected chi connectivity index (χ3v) is 13.6. The van der Waals surface area contributed by atoms with Crippen LogP contribution in [-0.2, 0) is 0 Å². The number of allylic oxidation sites excluding steroid dienone is 4. The third-order valence-electron chi connectivity index (χ3n) is 13.6. The Morgan fingerprint density at radius 3 is 0.905 bits per heavy atom. The monoisotopic (exact) mass is 949 g/mol. The molecule has 1 heteroatoms. The van der Waals surface area contributed by atoms with Gasteiger partial charge in [-0.05, 0) is 131 Å². The Hall–Kier alpha value is -9.30. The number of hydrogen-bond donors (Lipinski definition) is 0. The number of nitrogens with zero attached hydrogens (tertiary/aromatic N) is 1. The van der Waals surface area contributed by atoms with Gasteiger partial charge >= 0.3 is 0 Å². The minimum absolute atomic E-state index is 0.431. The molecule has 0 bridgehead atoms. The van der Waals surface area contributed by atoms with Crippen molar-refractivity contribution in [1.82, 2.24) is 0 Å². The summed E-state index contributed by atoms with van der Waals surface area (Å²) in [4.78, 5) is 2.27. The predicted octanol–water partition coefficient (Wildman–Crippen LogP) is 19.4. The van der Waals surface area contributed by atoms with Crippen molar-refractivity contribution < 1.29 is 0 Å². The maximum atomic E-state index is 4.14. The Kier molecular flexibility index (Phi) is 15.2. The lowest BCUT2D eigenvalue weighted by Gasteiger charge is -2.22. The number of anilines is 2. The molecule has 0 fully saturated rings. The van der Waals surface area contributed by atoms with E-state index in [0.717, 1.165) is 50.3 Å². The van der Waals surface area contributed by atoms with Crippen molar-refractivity contribution in [2.45, 2.75) is 19.8 Å². The van der Waals surface area contributed by atoms with Gasteiger partial charge in [0.15, 0.2) is 0 Å². The van der Waals surface area contributed by atoms with Crippen molar-refractivity contribution in [3.8, 4) is 11.1 Å². The van der Waals surface area contributed by atoms with E-state index in [0.29, 0.717) is 5.92 Å². The van der Waals surface area contributed by atoms with E-state index in [1.807, 2.05) is 6.08 Å². The second-order valence-corrected chi connectivity index (χ2v) is 18.7. The van der Waals surface area contributed by atoms with Crippen molar-refractivity contribution in [2.24, 2.45) is 0 Å². The predicted molar refractivity (Wildman–Crippen MR) is 317 cm³/mol. The maximum Gasteiger partial charge on any atom is 0.0455 e. The summed E-state index contributed by atoms with van der Waals surface area (Å²) in [6, 6.07) is 100. The van der Waals surface area contributed by atoms with Gasteiger partial charge in [-0.25, -0.2) is 0 Å². The second kappa shape index (κ2) is 23.3. The molecule has 0 unspecified atom stereocenters. The largest absolute Gasteiger partial charge is 0.317 e. The lowest BCUT2D eigenvalue weighted by atomic mass is 9.85. The second-order valence-electron chi connectivity index (χ2n) is 18.7. The molecule has 0 aliphatic heterocycles. The van der Waals surface area contributed by atoms with Crippen LogP contribution >= 0.6 is 0 Å². The van der Waals surface area contributed by atoms with Gasteiger partial charge in [-0.15, -0.1) is 0 Å². The van der Waals surface area contributed by atoms with Gasteiger partial charge in [0.05, 0.1) is 0 Å². The van der Waals surface area contributed by atoms with Crippen LogP contribution in [-0.4, -0.2) is 0 Å². The third kappa shape index (κ3) is 11.1. The summed E-state index contributed by atoms with van der Waals surface area (Å²) in [6.45, 7) is 8.62. The Morgan fingerprint density at radius 2 is 0.595 bits per heavy atom. The minimum atomic E-state index is 0.431. The Balaban J connectivity index is 0.989. The SMILES string of the molecule is C=C/C=C(\C=C/N(c1ccc(-c2ccc(C(=C(c3ccccc3)c3ccccc3)c3ccccc3)cc2)cc1)c1ccc(C(C)C)cc1)c1ccc(C(=C(c2ccccc2)c2ccccc2)c2ccccc2)cc1. The summed E-state index contributed by atoms with van der Waals surface area (Å²) in [6.07, 6.45) is 8.34. The first-order chi connectivity index (χ1) is 36.5. The molecular formula is C73H59N. The zero-order valence-electron chi connectivity index (χ0n) is 42.1. The van der Waals surface area contributed by atoms with Crippen LogP contribution in [0.1, 0.15) is 75.4 Å². The molecule has 0 aliphatic rings. The molecule has 0 spiro atoms. The molecule has 0 saturated carbocycles. The molecule has 0 aliphatic carbocycles. The molecular weight excluding hydrogens is 891 g/mol. The van der Waals surface area contributed by atoms with Crippen LogP contribution in [0.15, 0.2) is 310 Å². The van der Waals surface area contributed by atoms with Gasteiger partial charge in [0, 0.05) is 17.6 Å². The van der Waals surface area contributed by atoms with Gasteiger partial charge in [0.25, 0.3) is 0 Å². The van der Waals surface area contributed by atoms with Crippen molar-refractivity contribution in [1.29, 1.82) is 0 Å². The average Bonchev–Trinajstić information content (AvgIpc) is 3.47. The van der Waals surface area contributed by atoms with Crippen LogP contribution in [0.3, 0.4) is 0 Å². The molecule has 356 valence electrons. The van der Waals surface area contributed by atoms with Crippen LogP contribution < -0.4 is 4.90 Å². The molecule has 0 aromatic heterocycles. The fourth-order valence-corrected chi connectivity index (χ4v) is 9.79. The van der Waals surface area contributed by atoms with Crippen molar-refractivity contribution in [3.05, 3.63) is 366 Å². The fourth-order valence-electron chi connectivity index (χ4n) is 9.79. The van der Waals surface area contributed by atoms with E-state index in [1.54, 1.807) is 0 Å². The van der Waals surface area contributed by atoms with E-state index in [2.05, 4.69) is 323 Å². The van der Waals surface area contributed by atoms with E-state index in [-0.39, 0.29) is 0 Å². The Labute approximate surface area is 438 Å². The molecule has 0 amide bonds. The van der Waals surface area contributed by atoms with Crippen molar-refractivity contribution >= 4 is 39.2 Å². The zero-order valence-corrected chi connectivity index (χ0v) is 42.1. The lowest BCUT2D eigenvalue weighted by Crippen LogP contribution is -2.08. The topological polar surface area (TPSA) is 3.24 Å². The average molecular weight is 950 g/mol. The van der Waals surface area contributed by atoms with Crippen LogP contribution in [0.5, 0.6) is 0 Å². The molecule has 0 heterocycles. The molecule has 10 aromatic rings. The van der Waals surface area contributed by atoms with E-state index in [4.69, 9.17) is 0 Å². The van der Waals surface area contributed by atoms with Crippen molar-refractivity contribution in [2.75, 3.05) is 4.90 Å². The number of hydrogen-bond acceptors (Lipinski definition) is 1. The smallest absolute Gasteiger partial charge is 0.0455 e. The highest BCUT2D eigenvalue weighted by atomic mass is 15.1. The molecule has 74 heavy (non-hydrogen) atoms. The molecule has 0 radical (unpaired) electrons. The molecule has 0 atom stereocenters. The zero-order chi connectivity index (χ0) is 50.5. The Bertz CT molecular complexity index is 3450. The van der Waals surface area contributed by atoms with Gasteiger partial charge in [-0.2, -0.15) is 0 Å².